The fraction of sp³-hybridized carbons (Fsp3) is 0.538. The van der Waals surface area contributed by atoms with Crippen molar-refractivity contribution in [3.63, 3.8) is 0 Å². The number of nitrogen functional groups attached to an aromatic ring is 1. The zero-order chi connectivity index (χ0) is 12.5. The summed E-state index contributed by atoms with van der Waals surface area (Å²) in [6.45, 7) is 3.81. The van der Waals surface area contributed by atoms with Gasteiger partial charge in [-0.05, 0) is 32.4 Å². The molecule has 3 nitrogen and oxygen atoms in total. The van der Waals surface area contributed by atoms with Gasteiger partial charge in [0.25, 0.3) is 0 Å². The Balaban J connectivity index is 2.08. The van der Waals surface area contributed by atoms with Gasteiger partial charge in [-0.2, -0.15) is 0 Å². The zero-order valence-corrected chi connectivity index (χ0v) is 10.1. The van der Waals surface area contributed by atoms with Crippen molar-refractivity contribution < 1.29 is 9.50 Å². The Bertz CT molecular complexity index is 406. The van der Waals surface area contributed by atoms with Gasteiger partial charge in [0.2, 0.25) is 0 Å². The van der Waals surface area contributed by atoms with E-state index in [0.29, 0.717) is 18.7 Å². The number of benzene rings is 1. The van der Waals surface area contributed by atoms with Crippen LogP contribution in [-0.2, 0) is 6.54 Å². The summed E-state index contributed by atoms with van der Waals surface area (Å²) < 4.78 is 13.7. The molecule has 1 fully saturated rings. The highest BCUT2D eigenvalue weighted by molar-refractivity contribution is 5.42. The van der Waals surface area contributed by atoms with Gasteiger partial charge in [-0.15, -0.1) is 0 Å². The van der Waals surface area contributed by atoms with Gasteiger partial charge in [0, 0.05) is 18.7 Å². The van der Waals surface area contributed by atoms with E-state index in [4.69, 9.17) is 5.73 Å². The predicted molar refractivity (Wildman–Crippen MR) is 65.9 cm³/mol. The molecule has 1 aliphatic heterocycles. The SMILES string of the molecule is CC1(O)CCCN(Cc2cccc(N)c2F)C1. The summed E-state index contributed by atoms with van der Waals surface area (Å²) in [4.78, 5) is 2.07. The van der Waals surface area contributed by atoms with E-state index in [0.717, 1.165) is 19.4 Å². The van der Waals surface area contributed by atoms with Crippen LogP contribution in [0.2, 0.25) is 0 Å². The Hall–Kier alpha value is -1.13. The summed E-state index contributed by atoms with van der Waals surface area (Å²) in [6.07, 6.45) is 1.75. The minimum Gasteiger partial charge on any atom is -0.396 e. The van der Waals surface area contributed by atoms with E-state index < -0.39 is 5.60 Å². The Morgan fingerprint density at radius 1 is 1.53 bits per heavy atom. The molecule has 0 bridgehead atoms. The van der Waals surface area contributed by atoms with Gasteiger partial charge >= 0.3 is 0 Å². The van der Waals surface area contributed by atoms with Crippen LogP contribution in [0, 0.1) is 5.82 Å². The summed E-state index contributed by atoms with van der Waals surface area (Å²) in [5.41, 5.74) is 5.66. The van der Waals surface area contributed by atoms with E-state index in [-0.39, 0.29) is 11.5 Å². The van der Waals surface area contributed by atoms with Crippen molar-refractivity contribution in [1.82, 2.24) is 4.90 Å². The molecule has 1 unspecified atom stereocenters. The number of halogens is 1. The van der Waals surface area contributed by atoms with Gasteiger partial charge < -0.3 is 10.8 Å². The topological polar surface area (TPSA) is 49.5 Å². The smallest absolute Gasteiger partial charge is 0.150 e. The molecule has 1 aliphatic rings. The lowest BCUT2D eigenvalue weighted by molar-refractivity contribution is -0.0184. The maximum Gasteiger partial charge on any atom is 0.150 e. The fourth-order valence-corrected chi connectivity index (χ4v) is 2.42. The minimum absolute atomic E-state index is 0.186. The molecule has 2 rings (SSSR count). The van der Waals surface area contributed by atoms with Gasteiger partial charge in [0.15, 0.2) is 5.82 Å². The van der Waals surface area contributed by atoms with Crippen LogP contribution in [0.5, 0.6) is 0 Å². The van der Waals surface area contributed by atoms with Crippen LogP contribution in [-0.4, -0.2) is 28.7 Å². The molecule has 0 aromatic heterocycles. The number of hydrogen-bond donors (Lipinski definition) is 2. The fourth-order valence-electron chi connectivity index (χ4n) is 2.42. The number of nitrogens with two attached hydrogens (primary N) is 1. The number of anilines is 1. The number of nitrogens with zero attached hydrogens (tertiary/aromatic N) is 1. The molecule has 0 aliphatic carbocycles. The first kappa shape index (κ1) is 12.3. The highest BCUT2D eigenvalue weighted by Gasteiger charge is 2.28. The van der Waals surface area contributed by atoms with Gasteiger partial charge in [0.1, 0.15) is 0 Å². The number of hydrogen-bond acceptors (Lipinski definition) is 3. The number of β-amino-alcohol motifs (C(OH)–C–C–N with tert-alkyl or cyclic N) is 1. The Labute approximate surface area is 101 Å². The normalized spacial score (nSPS) is 26.1. The predicted octanol–water partition coefficient (Wildman–Crippen LogP) is 1.75. The average Bonchev–Trinajstić information content (AvgIpc) is 2.23. The second-order valence-corrected chi connectivity index (χ2v) is 5.13. The van der Waals surface area contributed by atoms with E-state index in [9.17, 15) is 9.50 Å². The molecule has 1 saturated heterocycles. The largest absolute Gasteiger partial charge is 0.396 e. The first-order chi connectivity index (χ1) is 7.98. The van der Waals surface area contributed by atoms with Gasteiger partial charge in [0.05, 0.1) is 11.3 Å². The van der Waals surface area contributed by atoms with Crippen LogP contribution in [0.3, 0.4) is 0 Å². The first-order valence-electron chi connectivity index (χ1n) is 5.95. The zero-order valence-electron chi connectivity index (χ0n) is 10.1. The Morgan fingerprint density at radius 2 is 2.29 bits per heavy atom. The first-order valence-corrected chi connectivity index (χ1v) is 5.95. The molecule has 3 N–H and O–H groups in total. The van der Waals surface area contributed by atoms with Crippen LogP contribution in [0.1, 0.15) is 25.3 Å². The molecule has 1 heterocycles. The third kappa shape index (κ3) is 2.96. The van der Waals surface area contributed by atoms with E-state index >= 15 is 0 Å². The minimum atomic E-state index is -0.658. The molecular formula is C13H19FN2O. The highest BCUT2D eigenvalue weighted by Crippen LogP contribution is 2.23. The number of aliphatic hydroxyl groups is 1. The number of piperidine rings is 1. The molecule has 0 spiro atoms. The Morgan fingerprint density at radius 3 is 3.00 bits per heavy atom. The van der Waals surface area contributed by atoms with Crippen molar-refractivity contribution in [2.45, 2.75) is 31.9 Å². The maximum atomic E-state index is 13.7. The molecule has 1 aromatic carbocycles. The second-order valence-electron chi connectivity index (χ2n) is 5.13. The summed E-state index contributed by atoms with van der Waals surface area (Å²) in [5, 5.41) is 9.99. The monoisotopic (exact) mass is 238 g/mol. The van der Waals surface area contributed by atoms with Crippen LogP contribution in [0.15, 0.2) is 18.2 Å². The summed E-state index contributed by atoms with van der Waals surface area (Å²) >= 11 is 0. The van der Waals surface area contributed by atoms with E-state index in [1.54, 1.807) is 18.2 Å². The van der Waals surface area contributed by atoms with Gasteiger partial charge in [-0.25, -0.2) is 4.39 Å². The number of rotatable bonds is 2. The van der Waals surface area contributed by atoms with Crippen molar-refractivity contribution in [2.75, 3.05) is 18.8 Å². The van der Waals surface area contributed by atoms with E-state index in [2.05, 4.69) is 4.90 Å². The van der Waals surface area contributed by atoms with Crippen LogP contribution in [0.25, 0.3) is 0 Å². The quantitative estimate of drug-likeness (QED) is 0.772. The van der Waals surface area contributed by atoms with Gasteiger partial charge in [-0.3, -0.25) is 4.90 Å². The van der Waals surface area contributed by atoms with Crippen LogP contribution >= 0.6 is 0 Å². The maximum absolute atomic E-state index is 13.7. The molecule has 94 valence electrons. The molecule has 1 atom stereocenters. The molecule has 17 heavy (non-hydrogen) atoms. The molecular weight excluding hydrogens is 219 g/mol. The standard InChI is InChI=1S/C13H19FN2O/c1-13(17)6-3-7-16(9-13)8-10-4-2-5-11(15)12(10)14/h2,4-5,17H,3,6-9,15H2,1H3. The molecule has 1 aromatic rings. The lowest BCUT2D eigenvalue weighted by Crippen LogP contribution is -2.45. The molecule has 4 heteroatoms. The lowest BCUT2D eigenvalue weighted by atomic mass is 9.95. The third-order valence-corrected chi connectivity index (χ3v) is 3.26. The van der Waals surface area contributed by atoms with Crippen molar-refractivity contribution in [3.05, 3.63) is 29.6 Å². The summed E-state index contributed by atoms with van der Waals surface area (Å²) in [5.74, 6) is -0.335. The van der Waals surface area contributed by atoms with Crippen molar-refractivity contribution in [3.8, 4) is 0 Å². The average molecular weight is 238 g/mol. The number of likely N-dealkylation sites (tertiary alicyclic amines) is 1. The molecule has 0 amide bonds. The van der Waals surface area contributed by atoms with Crippen molar-refractivity contribution in [2.24, 2.45) is 0 Å². The molecule has 0 radical (unpaired) electrons. The van der Waals surface area contributed by atoms with E-state index in [1.165, 1.54) is 0 Å². The van der Waals surface area contributed by atoms with E-state index in [1.807, 2.05) is 6.92 Å². The lowest BCUT2D eigenvalue weighted by Gasteiger charge is -2.36. The third-order valence-electron chi connectivity index (χ3n) is 3.26. The van der Waals surface area contributed by atoms with Crippen molar-refractivity contribution >= 4 is 5.69 Å². The van der Waals surface area contributed by atoms with Gasteiger partial charge in [-0.1, -0.05) is 12.1 Å². The Kier molecular flexibility index (Phi) is 3.35. The summed E-state index contributed by atoms with van der Waals surface area (Å²) in [7, 11) is 0. The highest BCUT2D eigenvalue weighted by atomic mass is 19.1. The second kappa shape index (κ2) is 4.63. The van der Waals surface area contributed by atoms with Crippen LogP contribution in [0.4, 0.5) is 10.1 Å². The summed E-state index contributed by atoms with van der Waals surface area (Å²) in [6, 6.07) is 5.07. The molecule has 0 saturated carbocycles. The van der Waals surface area contributed by atoms with Crippen molar-refractivity contribution in [1.29, 1.82) is 0 Å². The van der Waals surface area contributed by atoms with Crippen LogP contribution < -0.4 is 5.73 Å².